The molecule has 5 nitrogen and oxygen atoms in total. The molecule has 0 radical (unpaired) electrons. The highest BCUT2D eigenvalue weighted by Crippen LogP contribution is 2.20. The van der Waals surface area contributed by atoms with Crippen LogP contribution in [0.15, 0.2) is 4.47 Å². The topological polar surface area (TPSA) is 58.4 Å². The molecule has 1 heterocycles. The van der Waals surface area contributed by atoms with Crippen molar-refractivity contribution in [2.24, 2.45) is 7.05 Å². The summed E-state index contributed by atoms with van der Waals surface area (Å²) in [6.07, 6.45) is -0.958. The van der Waals surface area contributed by atoms with Crippen LogP contribution in [0.1, 0.15) is 11.4 Å². The van der Waals surface area contributed by atoms with Crippen molar-refractivity contribution in [3.05, 3.63) is 15.9 Å². The zero-order chi connectivity index (χ0) is 10.9. The van der Waals surface area contributed by atoms with Crippen molar-refractivity contribution in [2.45, 2.75) is 13.5 Å². The van der Waals surface area contributed by atoms with Crippen molar-refractivity contribution >= 4 is 22.0 Å². The summed E-state index contributed by atoms with van der Waals surface area (Å²) in [5.41, 5.74) is 1.72. The quantitative estimate of drug-likeness (QED) is 0.880. The smallest absolute Gasteiger partial charge is 0.407 e. The summed E-state index contributed by atoms with van der Waals surface area (Å²) >= 11 is 3.38. The third kappa shape index (κ3) is 2.06. The Balaban J connectivity index is 2.87. The van der Waals surface area contributed by atoms with E-state index in [2.05, 4.69) is 21.0 Å². The van der Waals surface area contributed by atoms with Gasteiger partial charge in [-0.05, 0) is 22.9 Å². The fourth-order valence-electron chi connectivity index (χ4n) is 1.04. The first-order chi connectivity index (χ1) is 6.43. The van der Waals surface area contributed by atoms with Gasteiger partial charge in [0.25, 0.3) is 0 Å². The molecule has 0 unspecified atom stereocenters. The maximum Gasteiger partial charge on any atom is 0.407 e. The van der Waals surface area contributed by atoms with Crippen LogP contribution >= 0.6 is 15.9 Å². The van der Waals surface area contributed by atoms with Crippen LogP contribution in [0.4, 0.5) is 4.79 Å². The van der Waals surface area contributed by atoms with Crippen LogP contribution in [-0.4, -0.2) is 32.9 Å². The van der Waals surface area contributed by atoms with E-state index in [1.807, 2.05) is 14.0 Å². The molecule has 0 saturated carbocycles. The molecule has 1 N–H and O–H groups in total. The van der Waals surface area contributed by atoms with Gasteiger partial charge in [0, 0.05) is 19.8 Å². The van der Waals surface area contributed by atoms with Crippen LogP contribution in [-0.2, 0) is 13.6 Å². The fourth-order valence-corrected chi connectivity index (χ4v) is 1.51. The normalized spacial score (nSPS) is 10.3. The monoisotopic (exact) mass is 261 g/mol. The van der Waals surface area contributed by atoms with E-state index in [0.717, 1.165) is 15.9 Å². The van der Waals surface area contributed by atoms with E-state index in [-0.39, 0.29) is 6.54 Å². The molecule has 14 heavy (non-hydrogen) atoms. The molecule has 0 spiro atoms. The SMILES string of the molecule is Cc1c(Br)c(CN(C)C(=O)O)nn1C. The molecule has 1 amide bonds. The van der Waals surface area contributed by atoms with Gasteiger partial charge in [-0.25, -0.2) is 4.79 Å². The Morgan fingerprint density at radius 2 is 2.29 bits per heavy atom. The van der Waals surface area contributed by atoms with Crippen LogP contribution in [0.3, 0.4) is 0 Å². The Morgan fingerprint density at radius 3 is 2.64 bits per heavy atom. The number of aromatic nitrogens is 2. The highest BCUT2D eigenvalue weighted by atomic mass is 79.9. The number of carboxylic acid groups (broad SMARTS) is 1. The largest absolute Gasteiger partial charge is 0.465 e. The lowest BCUT2D eigenvalue weighted by atomic mass is 10.3. The predicted octanol–water partition coefficient (Wildman–Crippen LogP) is 1.60. The lowest BCUT2D eigenvalue weighted by molar-refractivity contribution is 0.153. The average Bonchev–Trinajstić information content (AvgIpc) is 2.33. The van der Waals surface area contributed by atoms with Crippen LogP contribution < -0.4 is 0 Å². The van der Waals surface area contributed by atoms with Gasteiger partial charge in [-0.1, -0.05) is 0 Å². The molecule has 0 aliphatic heterocycles. The highest BCUT2D eigenvalue weighted by molar-refractivity contribution is 9.10. The maximum atomic E-state index is 10.6. The van der Waals surface area contributed by atoms with Gasteiger partial charge in [-0.15, -0.1) is 0 Å². The number of halogens is 1. The van der Waals surface area contributed by atoms with E-state index in [9.17, 15) is 4.79 Å². The second-order valence-corrected chi connectivity index (χ2v) is 3.90. The van der Waals surface area contributed by atoms with Gasteiger partial charge in [0.05, 0.1) is 16.7 Å². The minimum Gasteiger partial charge on any atom is -0.465 e. The summed E-state index contributed by atoms with van der Waals surface area (Å²) in [4.78, 5) is 11.8. The number of rotatable bonds is 2. The van der Waals surface area contributed by atoms with Crippen molar-refractivity contribution in [2.75, 3.05) is 7.05 Å². The summed E-state index contributed by atoms with van der Waals surface area (Å²) in [5, 5.41) is 12.9. The maximum absolute atomic E-state index is 10.6. The molecule has 0 bridgehead atoms. The van der Waals surface area contributed by atoms with Gasteiger partial charge < -0.3 is 10.0 Å². The molecular formula is C8H12BrN3O2. The van der Waals surface area contributed by atoms with Gasteiger partial charge in [-0.2, -0.15) is 5.10 Å². The average molecular weight is 262 g/mol. The number of amides is 1. The molecule has 6 heteroatoms. The van der Waals surface area contributed by atoms with Gasteiger partial charge in [0.2, 0.25) is 0 Å². The molecule has 0 aliphatic rings. The summed E-state index contributed by atoms with van der Waals surface area (Å²) in [5.74, 6) is 0. The zero-order valence-electron chi connectivity index (χ0n) is 8.28. The lowest BCUT2D eigenvalue weighted by Gasteiger charge is -2.10. The van der Waals surface area contributed by atoms with Gasteiger partial charge >= 0.3 is 6.09 Å². The molecule has 1 aromatic rings. The van der Waals surface area contributed by atoms with E-state index in [4.69, 9.17) is 5.11 Å². The first-order valence-electron chi connectivity index (χ1n) is 4.05. The van der Waals surface area contributed by atoms with Crippen molar-refractivity contribution in [3.63, 3.8) is 0 Å². The number of carbonyl (C=O) groups is 1. The molecule has 0 atom stereocenters. The summed E-state index contributed by atoms with van der Waals surface area (Å²) in [6.45, 7) is 2.21. The summed E-state index contributed by atoms with van der Waals surface area (Å²) in [7, 11) is 3.34. The third-order valence-corrected chi connectivity index (χ3v) is 3.07. The zero-order valence-corrected chi connectivity index (χ0v) is 9.87. The van der Waals surface area contributed by atoms with Gasteiger partial charge in [-0.3, -0.25) is 4.68 Å². The molecule has 0 aromatic carbocycles. The Bertz CT molecular complexity index is 362. The molecule has 78 valence electrons. The minimum atomic E-state index is -0.958. The van der Waals surface area contributed by atoms with E-state index in [0.29, 0.717) is 0 Å². The van der Waals surface area contributed by atoms with Gasteiger partial charge in [0.15, 0.2) is 0 Å². The Labute approximate surface area is 90.4 Å². The summed E-state index contributed by atoms with van der Waals surface area (Å²) < 4.78 is 2.59. The first-order valence-corrected chi connectivity index (χ1v) is 4.84. The van der Waals surface area contributed by atoms with E-state index >= 15 is 0 Å². The second kappa shape index (κ2) is 4.00. The molecule has 1 rings (SSSR count). The molecule has 0 fully saturated rings. The molecule has 0 saturated heterocycles. The second-order valence-electron chi connectivity index (χ2n) is 3.11. The van der Waals surface area contributed by atoms with Gasteiger partial charge in [0.1, 0.15) is 0 Å². The van der Waals surface area contributed by atoms with Crippen LogP contribution in [0, 0.1) is 6.92 Å². The predicted molar refractivity (Wildman–Crippen MR) is 55.1 cm³/mol. The van der Waals surface area contributed by atoms with Crippen molar-refractivity contribution in [1.82, 2.24) is 14.7 Å². The van der Waals surface area contributed by atoms with E-state index in [1.165, 1.54) is 11.9 Å². The third-order valence-electron chi connectivity index (χ3n) is 2.04. The number of hydrogen-bond acceptors (Lipinski definition) is 2. The highest BCUT2D eigenvalue weighted by Gasteiger charge is 2.14. The van der Waals surface area contributed by atoms with Crippen LogP contribution in [0.25, 0.3) is 0 Å². The lowest BCUT2D eigenvalue weighted by Crippen LogP contribution is -2.24. The number of hydrogen-bond donors (Lipinski definition) is 1. The number of aryl methyl sites for hydroxylation is 1. The molecule has 1 aromatic heterocycles. The van der Waals surface area contributed by atoms with Crippen molar-refractivity contribution < 1.29 is 9.90 Å². The fraction of sp³-hybridized carbons (Fsp3) is 0.500. The minimum absolute atomic E-state index is 0.289. The van der Waals surface area contributed by atoms with Crippen LogP contribution in [0.5, 0.6) is 0 Å². The van der Waals surface area contributed by atoms with E-state index < -0.39 is 6.09 Å². The molecular weight excluding hydrogens is 250 g/mol. The van der Waals surface area contributed by atoms with E-state index in [1.54, 1.807) is 4.68 Å². The van der Waals surface area contributed by atoms with Crippen LogP contribution in [0.2, 0.25) is 0 Å². The first kappa shape index (κ1) is 11.0. The summed E-state index contributed by atoms with van der Waals surface area (Å²) in [6, 6.07) is 0. The standard InChI is InChI=1S/C8H12BrN3O2/c1-5-7(9)6(10-12(5)3)4-11(2)8(13)14/h4H2,1-3H3,(H,13,14). The Kier molecular flexibility index (Phi) is 3.15. The Hall–Kier alpha value is -1.04. The Morgan fingerprint density at radius 1 is 1.71 bits per heavy atom. The van der Waals surface area contributed by atoms with Crippen molar-refractivity contribution in [3.8, 4) is 0 Å². The number of nitrogens with zero attached hydrogens (tertiary/aromatic N) is 3. The van der Waals surface area contributed by atoms with Crippen molar-refractivity contribution in [1.29, 1.82) is 0 Å². The molecule has 0 aliphatic carbocycles.